The zero-order chi connectivity index (χ0) is 11.8. The molecule has 2 rings (SSSR count). The van der Waals surface area contributed by atoms with Crippen LogP contribution in [0.5, 0.6) is 0 Å². The number of cyclic esters (lactones) is 1. The zero-order valence-electron chi connectivity index (χ0n) is 8.64. The molecule has 5 nitrogen and oxygen atoms in total. The van der Waals surface area contributed by atoms with Gasteiger partial charge >= 0.3 is 6.09 Å². The van der Waals surface area contributed by atoms with Crippen molar-refractivity contribution in [3.63, 3.8) is 0 Å². The van der Waals surface area contributed by atoms with Gasteiger partial charge in [0.1, 0.15) is 6.61 Å². The highest BCUT2D eigenvalue weighted by Crippen LogP contribution is 2.25. The van der Waals surface area contributed by atoms with Crippen molar-refractivity contribution in [3.8, 4) is 0 Å². The summed E-state index contributed by atoms with van der Waals surface area (Å²) < 4.78 is 27.8. The van der Waals surface area contributed by atoms with Crippen LogP contribution in [0, 0.1) is 0 Å². The fraction of sp³-hybridized carbons (Fsp3) is 0.300. The average molecular weight is 241 g/mol. The number of hydrogen-bond donors (Lipinski definition) is 1. The van der Waals surface area contributed by atoms with Crippen molar-refractivity contribution in [2.75, 3.05) is 12.9 Å². The lowest BCUT2D eigenvalue weighted by atomic mass is 10.1. The van der Waals surface area contributed by atoms with Gasteiger partial charge in [-0.3, -0.25) is 0 Å². The van der Waals surface area contributed by atoms with Gasteiger partial charge in [-0.15, -0.1) is 0 Å². The van der Waals surface area contributed by atoms with Gasteiger partial charge in [-0.1, -0.05) is 18.2 Å². The molecule has 1 aliphatic rings. The van der Waals surface area contributed by atoms with Gasteiger partial charge in [0.25, 0.3) is 0 Å². The molecule has 16 heavy (non-hydrogen) atoms. The smallest absolute Gasteiger partial charge is 0.407 e. The Hall–Kier alpha value is -1.56. The number of amides is 1. The van der Waals surface area contributed by atoms with Gasteiger partial charge in [0.15, 0.2) is 9.84 Å². The molecular formula is C10H11NO4S. The van der Waals surface area contributed by atoms with E-state index in [9.17, 15) is 13.2 Å². The van der Waals surface area contributed by atoms with Crippen molar-refractivity contribution in [2.45, 2.75) is 10.9 Å². The predicted molar refractivity (Wildman–Crippen MR) is 56.8 cm³/mol. The lowest BCUT2D eigenvalue weighted by Crippen LogP contribution is -2.20. The highest BCUT2D eigenvalue weighted by molar-refractivity contribution is 7.90. The van der Waals surface area contributed by atoms with Crippen LogP contribution in [0.2, 0.25) is 0 Å². The van der Waals surface area contributed by atoms with Gasteiger partial charge in [0.2, 0.25) is 0 Å². The molecule has 0 radical (unpaired) electrons. The summed E-state index contributed by atoms with van der Waals surface area (Å²) >= 11 is 0. The van der Waals surface area contributed by atoms with E-state index < -0.39 is 22.0 Å². The third kappa shape index (κ3) is 2.01. The first-order valence-electron chi connectivity index (χ1n) is 4.71. The SMILES string of the molecule is CS(=O)(=O)c1ccccc1C1COC(=O)N1. The molecule has 0 aromatic heterocycles. The van der Waals surface area contributed by atoms with Gasteiger partial charge in [-0.05, 0) is 11.6 Å². The highest BCUT2D eigenvalue weighted by atomic mass is 32.2. The first-order chi connectivity index (χ1) is 7.48. The number of hydrogen-bond acceptors (Lipinski definition) is 4. The largest absolute Gasteiger partial charge is 0.447 e. The fourth-order valence-electron chi connectivity index (χ4n) is 1.66. The maximum absolute atomic E-state index is 11.5. The minimum atomic E-state index is -3.30. The molecule has 6 heteroatoms. The quantitative estimate of drug-likeness (QED) is 0.834. The number of benzene rings is 1. The topological polar surface area (TPSA) is 72.5 Å². The standard InChI is InChI=1S/C10H11NO4S/c1-16(13,14)9-5-3-2-4-7(9)8-6-15-10(12)11-8/h2-5,8H,6H2,1H3,(H,11,12). The third-order valence-corrected chi connectivity index (χ3v) is 3.54. The van der Waals surface area contributed by atoms with E-state index >= 15 is 0 Å². The fourth-order valence-corrected chi connectivity index (χ4v) is 2.62. The lowest BCUT2D eigenvalue weighted by molar-refractivity contribution is 0.177. The van der Waals surface area contributed by atoms with Gasteiger partial charge in [0.05, 0.1) is 10.9 Å². The van der Waals surface area contributed by atoms with Crippen LogP contribution in [-0.4, -0.2) is 27.4 Å². The molecule has 0 aliphatic carbocycles. The van der Waals surface area contributed by atoms with E-state index in [-0.39, 0.29) is 11.5 Å². The first-order valence-corrected chi connectivity index (χ1v) is 6.60. The Morgan fingerprint density at radius 2 is 2.06 bits per heavy atom. The summed E-state index contributed by atoms with van der Waals surface area (Å²) in [7, 11) is -3.30. The molecule has 1 aromatic carbocycles. The molecule has 1 aromatic rings. The van der Waals surface area contributed by atoms with Crippen molar-refractivity contribution in [1.82, 2.24) is 5.32 Å². The van der Waals surface area contributed by atoms with E-state index in [0.717, 1.165) is 6.26 Å². The number of rotatable bonds is 2. The minimum Gasteiger partial charge on any atom is -0.447 e. The van der Waals surface area contributed by atoms with Crippen LogP contribution in [0.4, 0.5) is 4.79 Å². The van der Waals surface area contributed by atoms with Crippen molar-refractivity contribution >= 4 is 15.9 Å². The van der Waals surface area contributed by atoms with E-state index in [4.69, 9.17) is 4.74 Å². The number of carbonyl (C=O) groups excluding carboxylic acids is 1. The van der Waals surface area contributed by atoms with Gasteiger partial charge in [-0.2, -0.15) is 0 Å². The molecule has 0 saturated carbocycles. The first kappa shape index (κ1) is 10.9. The molecule has 86 valence electrons. The van der Waals surface area contributed by atoms with Gasteiger partial charge in [0, 0.05) is 6.26 Å². The highest BCUT2D eigenvalue weighted by Gasteiger charge is 2.27. The van der Waals surface area contributed by atoms with Crippen LogP contribution in [0.25, 0.3) is 0 Å². The number of sulfone groups is 1. The van der Waals surface area contributed by atoms with E-state index in [1.807, 2.05) is 0 Å². The van der Waals surface area contributed by atoms with Crippen LogP contribution in [-0.2, 0) is 14.6 Å². The maximum Gasteiger partial charge on any atom is 0.407 e. The molecule has 1 amide bonds. The summed E-state index contributed by atoms with van der Waals surface area (Å²) in [5, 5.41) is 2.56. The summed E-state index contributed by atoms with van der Waals surface area (Å²) in [4.78, 5) is 11.1. The molecule has 1 heterocycles. The minimum absolute atomic E-state index is 0.158. The van der Waals surface area contributed by atoms with Crippen LogP contribution >= 0.6 is 0 Å². The average Bonchev–Trinajstić information content (AvgIpc) is 2.64. The molecule has 0 bridgehead atoms. The molecule has 1 saturated heterocycles. The third-order valence-electron chi connectivity index (χ3n) is 2.37. The molecule has 1 aliphatic heterocycles. The second kappa shape index (κ2) is 3.79. The van der Waals surface area contributed by atoms with E-state index in [0.29, 0.717) is 5.56 Å². The number of alkyl carbamates (subject to hydrolysis) is 1. The molecule has 1 unspecified atom stereocenters. The summed E-state index contributed by atoms with van der Waals surface area (Å²) in [5.41, 5.74) is 0.566. The molecule has 1 N–H and O–H groups in total. The van der Waals surface area contributed by atoms with Crippen molar-refractivity contribution < 1.29 is 17.9 Å². The summed E-state index contributed by atoms with van der Waals surface area (Å²) in [6, 6.07) is 6.19. The monoisotopic (exact) mass is 241 g/mol. The summed E-state index contributed by atoms with van der Waals surface area (Å²) in [6.07, 6.45) is 0.622. The summed E-state index contributed by atoms with van der Waals surface area (Å²) in [6.45, 7) is 0.158. The van der Waals surface area contributed by atoms with E-state index in [1.54, 1.807) is 18.2 Å². The lowest BCUT2D eigenvalue weighted by Gasteiger charge is -2.11. The number of ether oxygens (including phenoxy) is 1. The zero-order valence-corrected chi connectivity index (χ0v) is 9.45. The van der Waals surface area contributed by atoms with Crippen LogP contribution < -0.4 is 5.32 Å². The van der Waals surface area contributed by atoms with Crippen molar-refractivity contribution in [1.29, 1.82) is 0 Å². The summed E-state index contributed by atoms with van der Waals surface area (Å²) in [5.74, 6) is 0. The van der Waals surface area contributed by atoms with Crippen molar-refractivity contribution in [2.24, 2.45) is 0 Å². The maximum atomic E-state index is 11.5. The van der Waals surface area contributed by atoms with Gasteiger partial charge < -0.3 is 10.1 Å². The van der Waals surface area contributed by atoms with Crippen molar-refractivity contribution in [3.05, 3.63) is 29.8 Å². The second-order valence-electron chi connectivity index (χ2n) is 3.61. The normalized spacial score (nSPS) is 20.3. The molecular weight excluding hydrogens is 230 g/mol. The Labute approximate surface area is 93.3 Å². The van der Waals surface area contributed by atoms with Crippen LogP contribution in [0.1, 0.15) is 11.6 Å². The molecule has 1 atom stereocenters. The van der Waals surface area contributed by atoms with Gasteiger partial charge in [-0.25, -0.2) is 13.2 Å². The Bertz CT molecular complexity index is 523. The Balaban J connectivity index is 2.45. The van der Waals surface area contributed by atoms with E-state index in [2.05, 4.69) is 5.32 Å². The Morgan fingerprint density at radius 3 is 2.62 bits per heavy atom. The van der Waals surface area contributed by atoms with E-state index in [1.165, 1.54) is 6.07 Å². The Morgan fingerprint density at radius 1 is 1.38 bits per heavy atom. The number of nitrogens with one attached hydrogen (secondary N) is 1. The molecule has 0 spiro atoms. The number of carbonyl (C=O) groups is 1. The predicted octanol–water partition coefficient (Wildman–Crippen LogP) is 0.871. The second-order valence-corrected chi connectivity index (χ2v) is 5.59. The van der Waals surface area contributed by atoms with Crippen LogP contribution in [0.3, 0.4) is 0 Å². The molecule has 1 fully saturated rings. The van der Waals surface area contributed by atoms with Crippen LogP contribution in [0.15, 0.2) is 29.2 Å². The Kier molecular flexibility index (Phi) is 2.59.